The summed E-state index contributed by atoms with van der Waals surface area (Å²) in [5.74, 6) is 0. The molecule has 0 saturated carbocycles. The molecule has 0 heterocycles. The van der Waals surface area contributed by atoms with E-state index in [0.717, 1.165) is 12.0 Å². The van der Waals surface area contributed by atoms with Crippen molar-refractivity contribution in [3.05, 3.63) is 48.6 Å². The van der Waals surface area contributed by atoms with Crippen LogP contribution in [0.1, 0.15) is 31.4 Å². The Hall–Kier alpha value is -1.30. The van der Waals surface area contributed by atoms with E-state index in [2.05, 4.69) is 44.3 Å². The van der Waals surface area contributed by atoms with Gasteiger partial charge < -0.3 is 0 Å². The molecule has 0 aliphatic heterocycles. The molecule has 13 heavy (non-hydrogen) atoms. The number of allylic oxidation sites excluding steroid dienone is 2. The second-order valence-corrected chi connectivity index (χ2v) is 3.32. The zero-order chi connectivity index (χ0) is 9.84. The second-order valence-electron chi connectivity index (χ2n) is 3.32. The van der Waals surface area contributed by atoms with Crippen molar-refractivity contribution in [3.8, 4) is 0 Å². The zero-order valence-corrected chi connectivity index (χ0v) is 8.43. The molecule has 0 amide bonds. The highest BCUT2D eigenvalue weighted by atomic mass is 14.0. The van der Waals surface area contributed by atoms with E-state index < -0.39 is 0 Å². The Morgan fingerprint density at radius 2 is 1.85 bits per heavy atom. The maximum absolute atomic E-state index is 4.01. The summed E-state index contributed by atoms with van der Waals surface area (Å²) < 4.78 is 0. The quantitative estimate of drug-likeness (QED) is 0.642. The number of rotatable bonds is 3. The van der Waals surface area contributed by atoms with Crippen LogP contribution in [0.5, 0.6) is 0 Å². The Bertz CT molecular complexity index is 332. The summed E-state index contributed by atoms with van der Waals surface area (Å²) in [6.45, 7) is 12.1. The molecule has 68 valence electrons. The molecule has 0 fully saturated rings. The van der Waals surface area contributed by atoms with E-state index in [4.69, 9.17) is 0 Å². The van der Waals surface area contributed by atoms with Crippen LogP contribution in [0.4, 0.5) is 0 Å². The maximum Gasteiger partial charge on any atom is -0.0224 e. The molecular weight excluding hydrogens is 156 g/mol. The topological polar surface area (TPSA) is 0 Å². The minimum absolute atomic E-state index is 1.000. The molecule has 0 aliphatic rings. The molecule has 0 nitrogen and oxygen atoms in total. The van der Waals surface area contributed by atoms with E-state index in [1.807, 2.05) is 6.92 Å². The summed E-state index contributed by atoms with van der Waals surface area (Å²) in [5.41, 5.74) is 4.71. The standard InChI is InChI=1S/C13H16/c1-5-11(4)13-8-6-7-12(9-13)10(2)3/h6-9H,2,4-5H2,1,3H3. The van der Waals surface area contributed by atoms with Gasteiger partial charge in [0.05, 0.1) is 0 Å². The fourth-order valence-electron chi connectivity index (χ4n) is 1.21. The molecule has 1 aromatic rings. The fourth-order valence-corrected chi connectivity index (χ4v) is 1.21. The Labute approximate surface area is 80.6 Å². The summed E-state index contributed by atoms with van der Waals surface area (Å²) in [5, 5.41) is 0. The van der Waals surface area contributed by atoms with Crippen molar-refractivity contribution in [3.63, 3.8) is 0 Å². The van der Waals surface area contributed by atoms with Crippen molar-refractivity contribution in [2.45, 2.75) is 20.3 Å². The molecule has 0 aromatic heterocycles. The minimum atomic E-state index is 1.000. The SMILES string of the molecule is C=C(C)c1cccc(C(=C)CC)c1. The third kappa shape index (κ3) is 2.32. The third-order valence-electron chi connectivity index (χ3n) is 2.19. The lowest BCUT2D eigenvalue weighted by Crippen LogP contribution is -1.84. The van der Waals surface area contributed by atoms with Gasteiger partial charge in [-0.25, -0.2) is 0 Å². The smallest absolute Gasteiger partial charge is 0.0224 e. The van der Waals surface area contributed by atoms with Gasteiger partial charge in [-0.15, -0.1) is 0 Å². The Kier molecular flexibility index (Phi) is 3.07. The lowest BCUT2D eigenvalue weighted by Gasteiger charge is -2.05. The van der Waals surface area contributed by atoms with E-state index in [0.29, 0.717) is 0 Å². The predicted octanol–water partition coefficient (Wildman–Crippen LogP) is 4.14. The number of hydrogen-bond donors (Lipinski definition) is 0. The van der Waals surface area contributed by atoms with Crippen LogP contribution in [0, 0.1) is 0 Å². The summed E-state index contributed by atoms with van der Waals surface area (Å²) >= 11 is 0. The van der Waals surface area contributed by atoms with E-state index in [1.165, 1.54) is 16.7 Å². The highest BCUT2D eigenvalue weighted by Crippen LogP contribution is 2.20. The monoisotopic (exact) mass is 172 g/mol. The lowest BCUT2D eigenvalue weighted by molar-refractivity contribution is 1.24. The predicted molar refractivity (Wildman–Crippen MR) is 60.5 cm³/mol. The van der Waals surface area contributed by atoms with Gasteiger partial charge in [0.1, 0.15) is 0 Å². The van der Waals surface area contributed by atoms with Crippen LogP contribution < -0.4 is 0 Å². The van der Waals surface area contributed by atoms with Crippen molar-refractivity contribution in [2.24, 2.45) is 0 Å². The fraction of sp³-hybridized carbons (Fsp3) is 0.231. The first-order valence-electron chi connectivity index (χ1n) is 4.59. The van der Waals surface area contributed by atoms with E-state index in [9.17, 15) is 0 Å². The molecule has 0 N–H and O–H groups in total. The van der Waals surface area contributed by atoms with Gasteiger partial charge in [0.2, 0.25) is 0 Å². The summed E-state index contributed by atoms with van der Waals surface area (Å²) in [7, 11) is 0. The van der Waals surface area contributed by atoms with Gasteiger partial charge in [0.15, 0.2) is 0 Å². The zero-order valence-electron chi connectivity index (χ0n) is 8.43. The molecular formula is C13H16. The van der Waals surface area contributed by atoms with Crippen molar-refractivity contribution in [2.75, 3.05) is 0 Å². The van der Waals surface area contributed by atoms with Gasteiger partial charge in [0.25, 0.3) is 0 Å². The van der Waals surface area contributed by atoms with Crippen LogP contribution in [0.25, 0.3) is 11.1 Å². The van der Waals surface area contributed by atoms with Crippen molar-refractivity contribution >= 4 is 11.1 Å². The lowest BCUT2D eigenvalue weighted by atomic mass is 10.0. The summed E-state index contributed by atoms with van der Waals surface area (Å²) in [6, 6.07) is 8.38. The van der Waals surface area contributed by atoms with E-state index in [1.54, 1.807) is 0 Å². The number of benzene rings is 1. The largest absolute Gasteiger partial charge is 0.0955 e. The van der Waals surface area contributed by atoms with Gasteiger partial charge in [-0.05, 0) is 36.1 Å². The summed E-state index contributed by atoms with van der Waals surface area (Å²) in [4.78, 5) is 0. The molecule has 0 unspecified atom stereocenters. The highest BCUT2D eigenvalue weighted by molar-refractivity contribution is 5.69. The van der Waals surface area contributed by atoms with E-state index in [-0.39, 0.29) is 0 Å². The van der Waals surface area contributed by atoms with Crippen LogP contribution in [0.15, 0.2) is 37.4 Å². The van der Waals surface area contributed by atoms with Crippen LogP contribution in [-0.2, 0) is 0 Å². The first-order valence-corrected chi connectivity index (χ1v) is 4.59. The van der Waals surface area contributed by atoms with Gasteiger partial charge in [-0.3, -0.25) is 0 Å². The minimum Gasteiger partial charge on any atom is -0.0955 e. The van der Waals surface area contributed by atoms with Crippen LogP contribution in [-0.4, -0.2) is 0 Å². The molecule has 0 bridgehead atoms. The highest BCUT2D eigenvalue weighted by Gasteiger charge is 1.98. The average molecular weight is 172 g/mol. The van der Waals surface area contributed by atoms with Crippen LogP contribution in [0.2, 0.25) is 0 Å². The Morgan fingerprint density at radius 3 is 2.38 bits per heavy atom. The first-order chi connectivity index (χ1) is 6.15. The van der Waals surface area contributed by atoms with Crippen LogP contribution >= 0.6 is 0 Å². The van der Waals surface area contributed by atoms with Crippen molar-refractivity contribution < 1.29 is 0 Å². The van der Waals surface area contributed by atoms with Gasteiger partial charge >= 0.3 is 0 Å². The molecule has 0 spiro atoms. The average Bonchev–Trinajstić information content (AvgIpc) is 2.17. The molecule has 0 saturated heterocycles. The van der Waals surface area contributed by atoms with Crippen molar-refractivity contribution in [1.29, 1.82) is 0 Å². The molecule has 1 aromatic carbocycles. The Morgan fingerprint density at radius 1 is 1.23 bits per heavy atom. The van der Waals surface area contributed by atoms with Gasteiger partial charge in [0, 0.05) is 0 Å². The van der Waals surface area contributed by atoms with Gasteiger partial charge in [-0.1, -0.05) is 43.9 Å². The second kappa shape index (κ2) is 4.08. The third-order valence-corrected chi connectivity index (χ3v) is 2.19. The maximum atomic E-state index is 4.01. The van der Waals surface area contributed by atoms with Crippen LogP contribution in [0.3, 0.4) is 0 Å². The summed E-state index contributed by atoms with van der Waals surface area (Å²) in [6.07, 6.45) is 1.000. The number of hydrogen-bond acceptors (Lipinski definition) is 0. The molecule has 0 heteroatoms. The molecule has 1 rings (SSSR count). The molecule has 0 atom stereocenters. The van der Waals surface area contributed by atoms with Gasteiger partial charge in [-0.2, -0.15) is 0 Å². The Balaban J connectivity index is 3.05. The normalized spacial score (nSPS) is 9.69. The van der Waals surface area contributed by atoms with Crippen molar-refractivity contribution in [1.82, 2.24) is 0 Å². The molecule has 0 radical (unpaired) electrons. The molecule has 0 aliphatic carbocycles. The first kappa shape index (κ1) is 9.79. The van der Waals surface area contributed by atoms with E-state index >= 15 is 0 Å².